The third-order valence-electron chi connectivity index (χ3n) is 2.65. The Labute approximate surface area is 120 Å². The summed E-state index contributed by atoms with van der Waals surface area (Å²) in [6.45, 7) is 5.17. The Morgan fingerprint density at radius 3 is 2.68 bits per heavy atom. The normalized spacial score (nSPS) is 12.1. The summed E-state index contributed by atoms with van der Waals surface area (Å²) in [6, 6.07) is 10.1. The average Bonchev–Trinajstić information content (AvgIpc) is 2.43. The first-order chi connectivity index (χ1) is 9.27. The van der Waals surface area contributed by atoms with Crippen LogP contribution in [-0.2, 0) is 9.53 Å². The number of hydrogen-bond acceptors (Lipinski definition) is 4. The predicted octanol–water partition coefficient (Wildman–Crippen LogP) is 3.10. The topological polar surface area (TPSA) is 38.3 Å². The van der Waals surface area contributed by atoms with Crippen molar-refractivity contribution in [1.82, 2.24) is 5.32 Å². The lowest BCUT2D eigenvalue weighted by Gasteiger charge is -2.16. The van der Waals surface area contributed by atoms with Crippen molar-refractivity contribution in [2.75, 3.05) is 18.9 Å². The van der Waals surface area contributed by atoms with E-state index < -0.39 is 0 Å². The number of thioether (sulfide) groups is 1. The monoisotopic (exact) mass is 281 g/mol. The van der Waals surface area contributed by atoms with Crippen molar-refractivity contribution < 1.29 is 9.53 Å². The zero-order valence-electron chi connectivity index (χ0n) is 11.7. The van der Waals surface area contributed by atoms with Gasteiger partial charge in [0, 0.05) is 17.2 Å². The van der Waals surface area contributed by atoms with Crippen LogP contribution in [0.15, 0.2) is 35.2 Å². The van der Waals surface area contributed by atoms with E-state index in [4.69, 9.17) is 4.74 Å². The van der Waals surface area contributed by atoms with Crippen LogP contribution < -0.4 is 5.32 Å². The fraction of sp³-hybridized carbons (Fsp3) is 0.533. The van der Waals surface area contributed by atoms with Crippen molar-refractivity contribution in [2.45, 2.75) is 37.6 Å². The highest BCUT2D eigenvalue weighted by Gasteiger charge is 2.17. The Morgan fingerprint density at radius 1 is 1.32 bits per heavy atom. The molecule has 0 bridgehead atoms. The van der Waals surface area contributed by atoms with Crippen molar-refractivity contribution in [1.29, 1.82) is 0 Å². The molecule has 0 amide bonds. The second-order valence-electron chi connectivity index (χ2n) is 4.21. The van der Waals surface area contributed by atoms with Crippen LogP contribution in [0.2, 0.25) is 0 Å². The van der Waals surface area contributed by atoms with Crippen LogP contribution in [0.1, 0.15) is 26.7 Å². The van der Waals surface area contributed by atoms with E-state index in [1.807, 2.05) is 25.1 Å². The number of carbonyl (C=O) groups is 1. The van der Waals surface area contributed by atoms with Gasteiger partial charge in [-0.25, -0.2) is 0 Å². The molecule has 4 heteroatoms. The molecule has 0 fully saturated rings. The van der Waals surface area contributed by atoms with Gasteiger partial charge in [0.15, 0.2) is 0 Å². The van der Waals surface area contributed by atoms with E-state index >= 15 is 0 Å². The molecule has 0 saturated heterocycles. The largest absolute Gasteiger partial charge is 0.465 e. The van der Waals surface area contributed by atoms with Gasteiger partial charge in [-0.2, -0.15) is 0 Å². The minimum atomic E-state index is -0.165. The molecule has 0 aliphatic carbocycles. The highest BCUT2D eigenvalue weighted by atomic mass is 32.2. The van der Waals surface area contributed by atoms with Crippen LogP contribution >= 0.6 is 11.8 Å². The van der Waals surface area contributed by atoms with Crippen molar-refractivity contribution in [3.05, 3.63) is 30.3 Å². The number of nitrogens with one attached hydrogen (secondary N) is 1. The summed E-state index contributed by atoms with van der Waals surface area (Å²) in [5.41, 5.74) is 0. The summed E-state index contributed by atoms with van der Waals surface area (Å²) >= 11 is 1.79. The third kappa shape index (κ3) is 6.64. The van der Waals surface area contributed by atoms with Gasteiger partial charge in [-0.1, -0.05) is 31.5 Å². The maximum absolute atomic E-state index is 11.7. The molecule has 1 atom stereocenters. The molecular weight excluding hydrogens is 258 g/mol. The second-order valence-corrected chi connectivity index (χ2v) is 5.38. The molecule has 0 aliphatic rings. The Kier molecular flexibility index (Phi) is 8.34. The maximum Gasteiger partial charge on any atom is 0.323 e. The van der Waals surface area contributed by atoms with Gasteiger partial charge in [-0.15, -0.1) is 11.8 Å². The van der Waals surface area contributed by atoms with Crippen molar-refractivity contribution in [3.8, 4) is 0 Å². The van der Waals surface area contributed by atoms with Crippen LogP contribution in [0.25, 0.3) is 0 Å². The lowest BCUT2D eigenvalue weighted by atomic mass is 10.2. The minimum absolute atomic E-state index is 0.130. The number of rotatable bonds is 9. The predicted molar refractivity (Wildman–Crippen MR) is 80.5 cm³/mol. The lowest BCUT2D eigenvalue weighted by molar-refractivity contribution is -0.145. The van der Waals surface area contributed by atoms with Crippen LogP contribution in [0.4, 0.5) is 0 Å². The van der Waals surface area contributed by atoms with Gasteiger partial charge in [-0.3, -0.25) is 4.79 Å². The lowest BCUT2D eigenvalue weighted by Crippen LogP contribution is -2.39. The van der Waals surface area contributed by atoms with Gasteiger partial charge < -0.3 is 10.1 Å². The first-order valence-corrected chi connectivity index (χ1v) is 7.84. The van der Waals surface area contributed by atoms with Crippen molar-refractivity contribution >= 4 is 17.7 Å². The fourth-order valence-electron chi connectivity index (χ4n) is 1.75. The van der Waals surface area contributed by atoms with Gasteiger partial charge in [0.25, 0.3) is 0 Å². The van der Waals surface area contributed by atoms with E-state index in [1.54, 1.807) is 11.8 Å². The van der Waals surface area contributed by atoms with E-state index in [0.29, 0.717) is 6.61 Å². The molecule has 19 heavy (non-hydrogen) atoms. The average molecular weight is 281 g/mol. The molecule has 0 aromatic heterocycles. The van der Waals surface area contributed by atoms with Gasteiger partial charge >= 0.3 is 5.97 Å². The van der Waals surface area contributed by atoms with Gasteiger partial charge in [0.2, 0.25) is 0 Å². The zero-order chi connectivity index (χ0) is 13.9. The van der Waals surface area contributed by atoms with Crippen LogP contribution in [0.5, 0.6) is 0 Å². The summed E-state index contributed by atoms with van der Waals surface area (Å²) in [5.74, 6) is 0.818. The van der Waals surface area contributed by atoms with Gasteiger partial charge in [0.05, 0.1) is 6.61 Å². The number of carbonyl (C=O) groups excluding carboxylic acids is 1. The molecule has 0 saturated carbocycles. The number of esters is 1. The Bertz CT molecular complexity index is 356. The first kappa shape index (κ1) is 16.1. The van der Waals surface area contributed by atoms with Crippen LogP contribution in [-0.4, -0.2) is 30.9 Å². The quantitative estimate of drug-likeness (QED) is 0.429. The molecule has 0 aliphatic heterocycles. The Balaban J connectivity index is 2.26. The summed E-state index contributed by atoms with van der Waals surface area (Å²) < 4.78 is 5.06. The minimum Gasteiger partial charge on any atom is -0.465 e. The molecule has 1 aromatic rings. The van der Waals surface area contributed by atoms with E-state index in [0.717, 1.165) is 25.1 Å². The smallest absolute Gasteiger partial charge is 0.323 e. The zero-order valence-corrected chi connectivity index (χ0v) is 12.5. The van der Waals surface area contributed by atoms with E-state index in [-0.39, 0.29) is 12.0 Å². The summed E-state index contributed by atoms with van der Waals surface area (Å²) in [7, 11) is 0. The molecular formula is C15H23NO2S. The third-order valence-corrected chi connectivity index (χ3v) is 3.67. The number of benzene rings is 1. The first-order valence-electron chi connectivity index (χ1n) is 6.85. The van der Waals surface area contributed by atoms with Crippen LogP contribution in [0, 0.1) is 0 Å². The van der Waals surface area contributed by atoms with Crippen molar-refractivity contribution in [3.63, 3.8) is 0 Å². The molecule has 1 rings (SSSR count). The summed E-state index contributed by atoms with van der Waals surface area (Å²) in [4.78, 5) is 13.0. The number of ether oxygens (including phenoxy) is 1. The fourth-order valence-corrected chi connectivity index (χ4v) is 2.56. The molecule has 1 N–H and O–H groups in total. The standard InChI is InChI=1S/C15H23NO2S/c1-3-8-14(15(17)18-4-2)16-11-12-19-13-9-6-5-7-10-13/h5-7,9-10,14,16H,3-4,8,11-12H2,1-2H3. The van der Waals surface area contributed by atoms with E-state index in [2.05, 4.69) is 24.4 Å². The van der Waals surface area contributed by atoms with Gasteiger partial charge in [-0.05, 0) is 25.5 Å². The molecule has 3 nitrogen and oxygen atoms in total. The SMILES string of the molecule is CCCC(NCCSc1ccccc1)C(=O)OCC. The van der Waals surface area contributed by atoms with Crippen LogP contribution in [0.3, 0.4) is 0 Å². The van der Waals surface area contributed by atoms with Crippen molar-refractivity contribution in [2.24, 2.45) is 0 Å². The van der Waals surface area contributed by atoms with E-state index in [1.165, 1.54) is 4.90 Å². The molecule has 0 heterocycles. The highest BCUT2D eigenvalue weighted by Crippen LogP contribution is 2.15. The molecule has 0 radical (unpaired) electrons. The Morgan fingerprint density at radius 2 is 2.05 bits per heavy atom. The van der Waals surface area contributed by atoms with Gasteiger partial charge in [0.1, 0.15) is 6.04 Å². The number of hydrogen-bond donors (Lipinski definition) is 1. The summed E-state index contributed by atoms with van der Waals surface area (Å²) in [5, 5.41) is 3.28. The summed E-state index contributed by atoms with van der Waals surface area (Å²) in [6.07, 6.45) is 1.80. The highest BCUT2D eigenvalue weighted by molar-refractivity contribution is 7.99. The second kappa shape index (κ2) is 9.87. The Hall–Kier alpha value is -1.00. The molecule has 106 valence electrons. The molecule has 0 spiro atoms. The maximum atomic E-state index is 11.7. The molecule has 1 aromatic carbocycles. The molecule has 1 unspecified atom stereocenters. The van der Waals surface area contributed by atoms with E-state index in [9.17, 15) is 4.79 Å².